The highest BCUT2D eigenvalue weighted by Gasteiger charge is 1.97. The number of aryl methyl sites for hydroxylation is 1. The third-order valence-corrected chi connectivity index (χ3v) is 2.53. The van der Waals surface area contributed by atoms with Crippen LogP contribution in [0.1, 0.15) is 16.7 Å². The first-order valence-corrected chi connectivity index (χ1v) is 5.35. The lowest BCUT2D eigenvalue weighted by molar-refractivity contribution is 0.689. The van der Waals surface area contributed by atoms with Gasteiger partial charge in [-0.3, -0.25) is 9.97 Å². The Labute approximate surface area is 95.6 Å². The highest BCUT2D eigenvalue weighted by molar-refractivity contribution is 5.21. The van der Waals surface area contributed by atoms with Crippen LogP contribution in [0.25, 0.3) is 0 Å². The second kappa shape index (κ2) is 5.37. The third kappa shape index (κ3) is 2.87. The molecule has 2 rings (SSSR count). The molecular formula is C13H15N3. The van der Waals surface area contributed by atoms with Crippen LogP contribution in [0.2, 0.25) is 0 Å². The number of hydrogen-bond acceptors (Lipinski definition) is 3. The average molecular weight is 213 g/mol. The lowest BCUT2D eigenvalue weighted by atomic mass is 10.1. The van der Waals surface area contributed by atoms with Gasteiger partial charge in [-0.2, -0.15) is 0 Å². The van der Waals surface area contributed by atoms with E-state index in [9.17, 15) is 0 Å². The van der Waals surface area contributed by atoms with Gasteiger partial charge >= 0.3 is 0 Å². The van der Waals surface area contributed by atoms with Crippen molar-refractivity contribution in [3.63, 3.8) is 0 Å². The lowest BCUT2D eigenvalue weighted by Gasteiger charge is -2.06. The third-order valence-electron chi connectivity index (χ3n) is 2.53. The molecule has 0 fully saturated rings. The predicted molar refractivity (Wildman–Crippen MR) is 63.8 cm³/mol. The van der Waals surface area contributed by atoms with Gasteiger partial charge in [-0.05, 0) is 41.8 Å². The topological polar surface area (TPSA) is 37.8 Å². The molecule has 0 amide bonds. The van der Waals surface area contributed by atoms with Gasteiger partial charge in [-0.1, -0.05) is 0 Å². The van der Waals surface area contributed by atoms with Gasteiger partial charge in [0.05, 0.1) is 0 Å². The fourth-order valence-corrected chi connectivity index (χ4v) is 1.54. The van der Waals surface area contributed by atoms with Gasteiger partial charge in [0.2, 0.25) is 0 Å². The van der Waals surface area contributed by atoms with E-state index >= 15 is 0 Å². The van der Waals surface area contributed by atoms with E-state index in [1.54, 1.807) is 0 Å². The fraction of sp³-hybridized carbons (Fsp3) is 0.231. The van der Waals surface area contributed by atoms with Crippen molar-refractivity contribution in [2.24, 2.45) is 0 Å². The molecule has 0 atom stereocenters. The molecule has 0 aliphatic carbocycles. The molecule has 3 nitrogen and oxygen atoms in total. The minimum Gasteiger partial charge on any atom is -0.309 e. The second-order valence-electron chi connectivity index (χ2n) is 3.76. The fourth-order valence-electron chi connectivity index (χ4n) is 1.54. The van der Waals surface area contributed by atoms with Crippen molar-refractivity contribution >= 4 is 0 Å². The normalized spacial score (nSPS) is 10.3. The molecule has 2 heterocycles. The first-order valence-electron chi connectivity index (χ1n) is 5.35. The van der Waals surface area contributed by atoms with Gasteiger partial charge < -0.3 is 5.32 Å². The maximum Gasteiger partial charge on any atom is 0.0300 e. The molecule has 1 N–H and O–H groups in total. The van der Waals surface area contributed by atoms with Gasteiger partial charge in [-0.15, -0.1) is 0 Å². The Bertz CT molecular complexity index is 440. The molecule has 2 aromatic rings. The van der Waals surface area contributed by atoms with Crippen LogP contribution in [-0.2, 0) is 13.1 Å². The van der Waals surface area contributed by atoms with Gasteiger partial charge in [0.1, 0.15) is 0 Å². The largest absolute Gasteiger partial charge is 0.309 e. The van der Waals surface area contributed by atoms with Crippen molar-refractivity contribution in [3.05, 3.63) is 59.7 Å². The molecule has 16 heavy (non-hydrogen) atoms. The maximum atomic E-state index is 4.08. The Morgan fingerprint density at radius 2 is 1.75 bits per heavy atom. The predicted octanol–water partition coefficient (Wildman–Crippen LogP) is 2.07. The van der Waals surface area contributed by atoms with E-state index in [0.717, 1.165) is 13.1 Å². The van der Waals surface area contributed by atoms with Crippen LogP contribution in [-0.4, -0.2) is 9.97 Å². The summed E-state index contributed by atoms with van der Waals surface area (Å²) in [5, 5.41) is 3.40. The molecule has 0 saturated heterocycles. The standard InChI is InChI=1S/C13H15N3/c1-11-8-15-7-4-13(11)10-16-9-12-2-5-14-6-3-12/h2-8,16H,9-10H2,1H3. The summed E-state index contributed by atoms with van der Waals surface area (Å²) in [4.78, 5) is 8.06. The zero-order valence-corrected chi connectivity index (χ0v) is 9.35. The molecule has 0 bridgehead atoms. The Kier molecular flexibility index (Phi) is 3.62. The number of hydrogen-bond donors (Lipinski definition) is 1. The number of nitrogens with zero attached hydrogens (tertiary/aromatic N) is 2. The molecule has 3 heteroatoms. The van der Waals surface area contributed by atoms with Gasteiger partial charge in [0.15, 0.2) is 0 Å². The summed E-state index contributed by atoms with van der Waals surface area (Å²) < 4.78 is 0. The Morgan fingerprint density at radius 3 is 2.50 bits per heavy atom. The maximum absolute atomic E-state index is 4.08. The molecule has 82 valence electrons. The van der Waals surface area contributed by atoms with Crippen molar-refractivity contribution < 1.29 is 0 Å². The van der Waals surface area contributed by atoms with Crippen molar-refractivity contribution in [2.45, 2.75) is 20.0 Å². The molecule has 0 unspecified atom stereocenters. The Morgan fingerprint density at radius 1 is 1.00 bits per heavy atom. The Balaban J connectivity index is 1.87. The summed E-state index contributed by atoms with van der Waals surface area (Å²) in [5.74, 6) is 0. The van der Waals surface area contributed by atoms with E-state index in [-0.39, 0.29) is 0 Å². The lowest BCUT2D eigenvalue weighted by Crippen LogP contribution is -2.13. The summed E-state index contributed by atoms with van der Waals surface area (Å²) >= 11 is 0. The number of nitrogens with one attached hydrogen (secondary N) is 1. The van der Waals surface area contributed by atoms with E-state index in [2.05, 4.69) is 28.3 Å². The van der Waals surface area contributed by atoms with Gasteiger partial charge in [0, 0.05) is 37.9 Å². The van der Waals surface area contributed by atoms with E-state index in [4.69, 9.17) is 0 Å². The zero-order valence-electron chi connectivity index (χ0n) is 9.35. The van der Waals surface area contributed by atoms with Crippen LogP contribution in [0.15, 0.2) is 43.0 Å². The molecule has 2 aromatic heterocycles. The monoisotopic (exact) mass is 213 g/mol. The van der Waals surface area contributed by atoms with Crippen LogP contribution in [0.3, 0.4) is 0 Å². The smallest absolute Gasteiger partial charge is 0.0300 e. The Hall–Kier alpha value is -1.74. The molecule has 0 saturated carbocycles. The molecule has 0 aromatic carbocycles. The number of rotatable bonds is 4. The van der Waals surface area contributed by atoms with Crippen molar-refractivity contribution in [1.29, 1.82) is 0 Å². The first kappa shape index (κ1) is 10.8. The average Bonchev–Trinajstić information content (AvgIpc) is 2.33. The highest BCUT2D eigenvalue weighted by Crippen LogP contribution is 2.04. The van der Waals surface area contributed by atoms with E-state index in [1.165, 1.54) is 16.7 Å². The first-order chi connectivity index (χ1) is 7.86. The molecule has 0 spiro atoms. The SMILES string of the molecule is Cc1cnccc1CNCc1ccncc1. The molecular weight excluding hydrogens is 198 g/mol. The molecule has 0 radical (unpaired) electrons. The second-order valence-corrected chi connectivity index (χ2v) is 3.76. The summed E-state index contributed by atoms with van der Waals surface area (Å²) in [6.45, 7) is 3.82. The van der Waals surface area contributed by atoms with E-state index < -0.39 is 0 Å². The number of pyridine rings is 2. The molecule has 0 aliphatic heterocycles. The van der Waals surface area contributed by atoms with Gasteiger partial charge in [0.25, 0.3) is 0 Å². The minimum atomic E-state index is 0.865. The summed E-state index contributed by atoms with van der Waals surface area (Å²) in [7, 11) is 0. The quantitative estimate of drug-likeness (QED) is 0.845. The molecule has 0 aliphatic rings. The van der Waals surface area contributed by atoms with Gasteiger partial charge in [-0.25, -0.2) is 0 Å². The minimum absolute atomic E-state index is 0.865. The zero-order chi connectivity index (χ0) is 11.2. The van der Waals surface area contributed by atoms with Crippen LogP contribution in [0.4, 0.5) is 0 Å². The summed E-state index contributed by atoms with van der Waals surface area (Å²) in [6, 6.07) is 6.09. The van der Waals surface area contributed by atoms with Crippen LogP contribution >= 0.6 is 0 Å². The summed E-state index contributed by atoms with van der Waals surface area (Å²) in [5.41, 5.74) is 3.77. The van der Waals surface area contributed by atoms with Crippen LogP contribution in [0, 0.1) is 6.92 Å². The highest BCUT2D eigenvalue weighted by atomic mass is 14.8. The van der Waals surface area contributed by atoms with Crippen molar-refractivity contribution in [3.8, 4) is 0 Å². The van der Waals surface area contributed by atoms with Crippen molar-refractivity contribution in [1.82, 2.24) is 15.3 Å². The van der Waals surface area contributed by atoms with E-state index in [1.807, 2.05) is 36.9 Å². The summed E-state index contributed by atoms with van der Waals surface area (Å²) in [6.07, 6.45) is 7.35. The number of aromatic nitrogens is 2. The van der Waals surface area contributed by atoms with Crippen molar-refractivity contribution in [2.75, 3.05) is 0 Å². The van der Waals surface area contributed by atoms with Crippen LogP contribution < -0.4 is 5.32 Å². The van der Waals surface area contributed by atoms with E-state index in [0.29, 0.717) is 0 Å². The van der Waals surface area contributed by atoms with Crippen LogP contribution in [0.5, 0.6) is 0 Å².